The number of carbonyl (C=O) groups is 2. The van der Waals surface area contributed by atoms with E-state index in [9.17, 15) is 9.59 Å². The maximum Gasteiger partial charge on any atom is 0.307 e. The fraction of sp³-hybridized carbons (Fsp3) is 0.429. The van der Waals surface area contributed by atoms with Gasteiger partial charge >= 0.3 is 5.97 Å². The lowest BCUT2D eigenvalue weighted by molar-refractivity contribution is -0.136. The molecule has 104 valence electrons. The van der Waals surface area contributed by atoms with Crippen molar-refractivity contribution in [2.45, 2.75) is 20.3 Å². The molecule has 1 rings (SSSR count). The zero-order valence-electron chi connectivity index (χ0n) is 11.2. The summed E-state index contributed by atoms with van der Waals surface area (Å²) < 4.78 is 0. The number of nitrogens with one attached hydrogen (secondary N) is 1. The molecule has 0 bridgehead atoms. The molecule has 0 aliphatic carbocycles. The number of hydrogen-bond donors (Lipinski definition) is 3. The van der Waals surface area contributed by atoms with Crippen LogP contribution in [-0.4, -0.2) is 23.5 Å². The number of carbonyl (C=O) groups excluding carboxylic acids is 1. The minimum atomic E-state index is -0.898. The van der Waals surface area contributed by atoms with Crippen LogP contribution in [0.3, 0.4) is 0 Å². The molecular formula is C14H20N2O3. The molecular weight excluding hydrogens is 244 g/mol. The molecule has 0 heterocycles. The number of rotatable bonds is 6. The molecule has 0 saturated carbocycles. The molecule has 4 N–H and O–H groups in total. The minimum absolute atomic E-state index is 0.0613. The highest BCUT2D eigenvalue weighted by molar-refractivity contribution is 5.93. The third kappa shape index (κ3) is 4.71. The Hall–Kier alpha value is -1.88. The van der Waals surface area contributed by atoms with Gasteiger partial charge in [0.05, 0.1) is 12.3 Å². The van der Waals surface area contributed by atoms with Gasteiger partial charge in [0.1, 0.15) is 0 Å². The molecule has 0 saturated heterocycles. The highest BCUT2D eigenvalue weighted by Gasteiger charge is 2.20. The van der Waals surface area contributed by atoms with Crippen molar-refractivity contribution in [2.75, 3.05) is 11.9 Å². The molecule has 0 radical (unpaired) electrons. The van der Waals surface area contributed by atoms with E-state index in [1.807, 2.05) is 13.8 Å². The second-order valence-corrected chi connectivity index (χ2v) is 4.85. The summed E-state index contributed by atoms with van der Waals surface area (Å²) in [5, 5.41) is 11.5. The number of anilines is 1. The monoisotopic (exact) mass is 264 g/mol. The van der Waals surface area contributed by atoms with Crippen molar-refractivity contribution in [1.29, 1.82) is 0 Å². The molecule has 1 atom stereocenters. The Morgan fingerprint density at radius 2 is 2.05 bits per heavy atom. The molecule has 0 aliphatic rings. The first-order valence-electron chi connectivity index (χ1n) is 6.25. The highest BCUT2D eigenvalue weighted by Crippen LogP contribution is 2.15. The van der Waals surface area contributed by atoms with Gasteiger partial charge in [0.15, 0.2) is 0 Å². The van der Waals surface area contributed by atoms with Gasteiger partial charge in [-0.25, -0.2) is 0 Å². The predicted octanol–water partition coefficient (Wildman–Crippen LogP) is 1.48. The standard InChI is InChI=1S/C14H20N2O3/c1-9(2)12(8-15)14(19)16-11-5-3-4-10(6-11)7-13(17)18/h3-6,9,12H,7-8,15H2,1-2H3,(H,16,19)(H,17,18). The van der Waals surface area contributed by atoms with Crippen LogP contribution < -0.4 is 11.1 Å². The summed E-state index contributed by atoms with van der Waals surface area (Å²) in [4.78, 5) is 22.7. The molecule has 5 heteroatoms. The average Bonchev–Trinajstić information content (AvgIpc) is 2.28. The largest absolute Gasteiger partial charge is 0.481 e. The Bertz CT molecular complexity index is 458. The zero-order chi connectivity index (χ0) is 14.4. The number of carboxylic acids is 1. The van der Waals surface area contributed by atoms with Crippen molar-refractivity contribution in [1.82, 2.24) is 0 Å². The average molecular weight is 264 g/mol. The number of nitrogens with two attached hydrogens (primary N) is 1. The van der Waals surface area contributed by atoms with E-state index in [-0.39, 0.29) is 30.7 Å². The van der Waals surface area contributed by atoms with E-state index in [2.05, 4.69) is 5.32 Å². The fourth-order valence-electron chi connectivity index (χ4n) is 1.85. The van der Waals surface area contributed by atoms with E-state index in [1.54, 1.807) is 24.3 Å². The SMILES string of the molecule is CC(C)C(CN)C(=O)Nc1cccc(CC(=O)O)c1. The van der Waals surface area contributed by atoms with Crippen LogP contribution in [0.25, 0.3) is 0 Å². The van der Waals surface area contributed by atoms with Crippen molar-refractivity contribution < 1.29 is 14.7 Å². The van der Waals surface area contributed by atoms with Crippen LogP contribution in [-0.2, 0) is 16.0 Å². The second-order valence-electron chi connectivity index (χ2n) is 4.85. The van der Waals surface area contributed by atoms with Crippen LogP contribution in [0.15, 0.2) is 24.3 Å². The molecule has 5 nitrogen and oxygen atoms in total. The molecule has 19 heavy (non-hydrogen) atoms. The summed E-state index contributed by atoms with van der Waals surface area (Å²) in [6, 6.07) is 6.84. The fourth-order valence-corrected chi connectivity index (χ4v) is 1.85. The number of aliphatic carboxylic acids is 1. The van der Waals surface area contributed by atoms with E-state index in [4.69, 9.17) is 10.8 Å². The van der Waals surface area contributed by atoms with Gasteiger partial charge in [-0.1, -0.05) is 26.0 Å². The van der Waals surface area contributed by atoms with Crippen LogP contribution >= 0.6 is 0 Å². The van der Waals surface area contributed by atoms with Crippen LogP contribution in [0.4, 0.5) is 5.69 Å². The lowest BCUT2D eigenvalue weighted by atomic mass is 9.95. The van der Waals surface area contributed by atoms with Gasteiger partial charge in [0.25, 0.3) is 0 Å². The molecule has 0 fully saturated rings. The Labute approximate surface area is 112 Å². The quantitative estimate of drug-likeness (QED) is 0.725. The third-order valence-corrected chi connectivity index (χ3v) is 2.95. The Morgan fingerprint density at radius 3 is 2.58 bits per heavy atom. The number of benzene rings is 1. The van der Waals surface area contributed by atoms with E-state index < -0.39 is 5.97 Å². The van der Waals surface area contributed by atoms with Gasteiger partial charge in [-0.2, -0.15) is 0 Å². The lowest BCUT2D eigenvalue weighted by Crippen LogP contribution is -2.33. The van der Waals surface area contributed by atoms with Gasteiger partial charge in [0.2, 0.25) is 5.91 Å². The van der Waals surface area contributed by atoms with Crippen LogP contribution in [0.5, 0.6) is 0 Å². The van der Waals surface area contributed by atoms with E-state index in [1.165, 1.54) is 0 Å². The van der Waals surface area contributed by atoms with Gasteiger partial charge < -0.3 is 16.2 Å². The van der Waals surface area contributed by atoms with Crippen molar-refractivity contribution >= 4 is 17.6 Å². The first kappa shape index (κ1) is 15.2. The first-order valence-corrected chi connectivity index (χ1v) is 6.25. The molecule has 1 aromatic rings. The summed E-state index contributed by atoms with van der Waals surface area (Å²) in [6.07, 6.45) is -0.0613. The van der Waals surface area contributed by atoms with E-state index in [0.29, 0.717) is 11.3 Å². The molecule has 0 spiro atoms. The Morgan fingerprint density at radius 1 is 1.37 bits per heavy atom. The molecule has 1 unspecified atom stereocenters. The predicted molar refractivity (Wildman–Crippen MR) is 73.8 cm³/mol. The minimum Gasteiger partial charge on any atom is -0.481 e. The maximum atomic E-state index is 12.0. The van der Waals surface area contributed by atoms with Crippen molar-refractivity contribution in [3.8, 4) is 0 Å². The molecule has 0 aromatic heterocycles. The normalized spacial score (nSPS) is 12.2. The summed E-state index contributed by atoms with van der Waals surface area (Å²) in [6.45, 7) is 4.17. The second kappa shape index (κ2) is 6.89. The lowest BCUT2D eigenvalue weighted by Gasteiger charge is -2.18. The van der Waals surface area contributed by atoms with Crippen LogP contribution in [0.2, 0.25) is 0 Å². The van der Waals surface area contributed by atoms with E-state index in [0.717, 1.165) is 0 Å². The summed E-state index contributed by atoms with van der Waals surface area (Å²) >= 11 is 0. The maximum absolute atomic E-state index is 12.0. The van der Waals surface area contributed by atoms with Crippen molar-refractivity contribution in [2.24, 2.45) is 17.6 Å². The first-order chi connectivity index (χ1) is 8.93. The summed E-state index contributed by atoms with van der Waals surface area (Å²) in [5.41, 5.74) is 6.84. The van der Waals surface area contributed by atoms with Gasteiger partial charge in [0, 0.05) is 12.2 Å². The van der Waals surface area contributed by atoms with Crippen LogP contribution in [0.1, 0.15) is 19.4 Å². The number of hydrogen-bond acceptors (Lipinski definition) is 3. The Kier molecular flexibility index (Phi) is 5.51. The highest BCUT2D eigenvalue weighted by atomic mass is 16.4. The Balaban J connectivity index is 2.76. The smallest absolute Gasteiger partial charge is 0.307 e. The molecule has 0 aliphatic heterocycles. The van der Waals surface area contributed by atoms with Crippen LogP contribution in [0, 0.1) is 11.8 Å². The molecule has 1 aromatic carbocycles. The van der Waals surface area contributed by atoms with Gasteiger partial charge in [-0.05, 0) is 23.6 Å². The van der Waals surface area contributed by atoms with Gasteiger partial charge in [-0.3, -0.25) is 9.59 Å². The van der Waals surface area contributed by atoms with Gasteiger partial charge in [-0.15, -0.1) is 0 Å². The topological polar surface area (TPSA) is 92.4 Å². The van der Waals surface area contributed by atoms with E-state index >= 15 is 0 Å². The number of amides is 1. The zero-order valence-corrected chi connectivity index (χ0v) is 11.2. The third-order valence-electron chi connectivity index (χ3n) is 2.95. The summed E-state index contributed by atoms with van der Waals surface area (Å²) in [7, 11) is 0. The van der Waals surface area contributed by atoms with Crippen molar-refractivity contribution in [3.05, 3.63) is 29.8 Å². The summed E-state index contributed by atoms with van der Waals surface area (Å²) in [5.74, 6) is -1.12. The molecule has 1 amide bonds. The van der Waals surface area contributed by atoms with Crippen molar-refractivity contribution in [3.63, 3.8) is 0 Å². The number of carboxylic acid groups (broad SMARTS) is 1.